The number of aromatic nitrogens is 2. The number of H-pyrrole nitrogens is 1. The quantitative estimate of drug-likeness (QED) is 0.705. The molecule has 0 saturated carbocycles. The number of hydrogen-bond donors (Lipinski definition) is 1. The molecule has 2 heterocycles. The van der Waals surface area contributed by atoms with E-state index in [1.165, 1.54) is 0 Å². The molecule has 3 rings (SSSR count). The van der Waals surface area contributed by atoms with Crippen molar-refractivity contribution in [2.45, 2.75) is 0 Å². The van der Waals surface area contributed by atoms with E-state index in [4.69, 9.17) is 4.42 Å². The summed E-state index contributed by atoms with van der Waals surface area (Å²) >= 11 is 0. The summed E-state index contributed by atoms with van der Waals surface area (Å²) in [6.07, 6.45) is 5.15. The van der Waals surface area contributed by atoms with Crippen LogP contribution < -0.4 is 0 Å². The molecule has 1 N–H and O–H groups in total. The van der Waals surface area contributed by atoms with Crippen molar-refractivity contribution in [3.05, 3.63) is 60.9 Å². The molecule has 0 radical (unpaired) electrons. The van der Waals surface area contributed by atoms with Crippen molar-refractivity contribution in [3.8, 4) is 0 Å². The highest BCUT2D eigenvalue weighted by molar-refractivity contribution is 5.92. The lowest BCUT2D eigenvalue weighted by Gasteiger charge is -2.03. The highest BCUT2D eigenvalue weighted by Gasteiger charge is 2.10. The van der Waals surface area contributed by atoms with Gasteiger partial charge in [0.05, 0.1) is 18.3 Å². The van der Waals surface area contributed by atoms with Crippen LogP contribution in [0.15, 0.2) is 54.0 Å². The van der Waals surface area contributed by atoms with Crippen molar-refractivity contribution in [1.29, 1.82) is 0 Å². The van der Waals surface area contributed by atoms with Crippen molar-refractivity contribution in [2.75, 3.05) is 0 Å². The van der Waals surface area contributed by atoms with Gasteiger partial charge in [-0.15, -0.1) is 0 Å². The molecule has 0 amide bonds. The summed E-state index contributed by atoms with van der Waals surface area (Å²) in [5.74, 6) is 0. The molecule has 0 spiro atoms. The summed E-state index contributed by atoms with van der Waals surface area (Å²) in [6.45, 7) is 4.05. The molecule has 0 fully saturated rings. The van der Waals surface area contributed by atoms with Crippen molar-refractivity contribution in [2.24, 2.45) is 0 Å². The Morgan fingerprint density at radius 1 is 1.31 bits per heavy atom. The number of hydrogen-bond acceptors (Lipinski definition) is 2. The van der Waals surface area contributed by atoms with Gasteiger partial charge in [0.1, 0.15) is 5.58 Å². The number of imidazole rings is 1. The van der Waals surface area contributed by atoms with Gasteiger partial charge in [0.2, 0.25) is 0 Å². The van der Waals surface area contributed by atoms with Gasteiger partial charge in [-0.3, -0.25) is 0 Å². The second kappa shape index (κ2) is 3.38. The van der Waals surface area contributed by atoms with Crippen molar-refractivity contribution in [3.63, 3.8) is 0 Å². The maximum atomic E-state index is 5.47. The van der Waals surface area contributed by atoms with Gasteiger partial charge < -0.3 is 9.40 Å². The lowest BCUT2D eigenvalue weighted by atomic mass is 10.0. The molecule has 0 aliphatic rings. The van der Waals surface area contributed by atoms with Crippen LogP contribution in [0.4, 0.5) is 0 Å². The van der Waals surface area contributed by atoms with Gasteiger partial charge in [0.15, 0.2) is 0 Å². The summed E-state index contributed by atoms with van der Waals surface area (Å²) in [4.78, 5) is 7.11. The third-order valence-electron chi connectivity index (χ3n) is 2.61. The number of fused-ring (bicyclic) bond motifs is 1. The minimum absolute atomic E-state index is 0.837. The molecule has 3 nitrogen and oxygen atoms in total. The van der Waals surface area contributed by atoms with Crippen LogP contribution in [-0.4, -0.2) is 9.97 Å². The lowest BCUT2D eigenvalue weighted by molar-refractivity contribution is 0.615. The predicted octanol–water partition coefficient (Wildman–Crippen LogP) is 3.22. The molecule has 0 aliphatic heterocycles. The number of benzene rings is 1. The van der Waals surface area contributed by atoms with Gasteiger partial charge in [-0.1, -0.05) is 24.8 Å². The van der Waals surface area contributed by atoms with Gasteiger partial charge >= 0.3 is 0 Å². The maximum Gasteiger partial charge on any atom is 0.141 e. The zero-order chi connectivity index (χ0) is 11.0. The maximum absolute atomic E-state index is 5.47. The van der Waals surface area contributed by atoms with Crippen LogP contribution in [0.3, 0.4) is 0 Å². The molecule has 0 unspecified atom stereocenters. The fourth-order valence-corrected chi connectivity index (χ4v) is 1.79. The number of nitrogens with zero attached hydrogens (tertiary/aromatic N) is 1. The van der Waals surface area contributed by atoms with E-state index in [-0.39, 0.29) is 0 Å². The summed E-state index contributed by atoms with van der Waals surface area (Å²) < 4.78 is 5.47. The highest BCUT2D eigenvalue weighted by atomic mass is 16.3. The smallest absolute Gasteiger partial charge is 0.141 e. The van der Waals surface area contributed by atoms with Gasteiger partial charge in [0.25, 0.3) is 0 Å². The molecule has 16 heavy (non-hydrogen) atoms. The van der Waals surface area contributed by atoms with E-state index in [2.05, 4.69) is 16.5 Å². The minimum atomic E-state index is 0.837. The Kier molecular flexibility index (Phi) is 1.90. The summed E-state index contributed by atoms with van der Waals surface area (Å²) in [7, 11) is 0. The second-order valence-corrected chi connectivity index (χ2v) is 3.58. The van der Waals surface area contributed by atoms with Crippen LogP contribution in [0.2, 0.25) is 0 Å². The Morgan fingerprint density at radius 3 is 3.06 bits per heavy atom. The third-order valence-corrected chi connectivity index (χ3v) is 2.61. The molecule has 0 bridgehead atoms. The van der Waals surface area contributed by atoms with E-state index < -0.39 is 0 Å². The van der Waals surface area contributed by atoms with E-state index in [1.807, 2.05) is 30.5 Å². The van der Waals surface area contributed by atoms with Crippen LogP contribution in [0, 0.1) is 0 Å². The number of furan rings is 1. The second-order valence-electron chi connectivity index (χ2n) is 3.58. The van der Waals surface area contributed by atoms with Crippen molar-refractivity contribution in [1.82, 2.24) is 9.97 Å². The molecule has 1 aromatic carbocycles. The highest BCUT2D eigenvalue weighted by Crippen LogP contribution is 2.28. The molecule has 3 aromatic rings. The normalized spacial score (nSPS) is 10.8. The SMILES string of the molecule is C=C(c1c[nH]cn1)c1cccc2ccoc12. The predicted molar refractivity (Wildman–Crippen MR) is 62.9 cm³/mol. The van der Waals surface area contributed by atoms with Crippen molar-refractivity contribution >= 4 is 16.5 Å². The Labute approximate surface area is 92.4 Å². The van der Waals surface area contributed by atoms with E-state index in [1.54, 1.807) is 12.6 Å². The number of aromatic amines is 1. The number of rotatable bonds is 2. The molecule has 0 saturated heterocycles. The van der Waals surface area contributed by atoms with E-state index in [0.29, 0.717) is 0 Å². The first-order chi connectivity index (χ1) is 7.86. The van der Waals surface area contributed by atoms with Gasteiger partial charge in [0, 0.05) is 22.7 Å². The Bertz CT molecular complexity index is 635. The van der Waals surface area contributed by atoms with E-state index in [0.717, 1.165) is 27.8 Å². The monoisotopic (exact) mass is 210 g/mol. The first kappa shape index (κ1) is 8.97. The fraction of sp³-hybridized carbons (Fsp3) is 0. The van der Waals surface area contributed by atoms with E-state index >= 15 is 0 Å². The van der Waals surface area contributed by atoms with Crippen LogP contribution in [-0.2, 0) is 0 Å². The Morgan fingerprint density at radius 2 is 2.25 bits per heavy atom. The zero-order valence-corrected chi connectivity index (χ0v) is 8.60. The van der Waals surface area contributed by atoms with Crippen LogP contribution in [0.5, 0.6) is 0 Å². The number of para-hydroxylation sites is 1. The summed E-state index contributed by atoms with van der Waals surface area (Å²) in [6, 6.07) is 7.94. The fourth-order valence-electron chi connectivity index (χ4n) is 1.79. The first-order valence-corrected chi connectivity index (χ1v) is 5.01. The largest absolute Gasteiger partial charge is 0.464 e. The standard InChI is InChI=1S/C13H10N2O/c1-9(12-7-14-8-15-12)11-4-2-3-10-5-6-16-13(10)11/h2-8H,1H2,(H,14,15). The minimum Gasteiger partial charge on any atom is -0.464 e. The van der Waals surface area contributed by atoms with Gasteiger partial charge in [-0.2, -0.15) is 0 Å². The molecular formula is C13H10N2O. The average molecular weight is 210 g/mol. The third kappa shape index (κ3) is 1.26. The molecular weight excluding hydrogens is 200 g/mol. The first-order valence-electron chi connectivity index (χ1n) is 5.01. The Balaban J connectivity index is 2.19. The Hall–Kier alpha value is -2.29. The van der Waals surface area contributed by atoms with E-state index in [9.17, 15) is 0 Å². The molecule has 2 aromatic heterocycles. The van der Waals surface area contributed by atoms with Gasteiger partial charge in [-0.25, -0.2) is 4.98 Å². The molecule has 0 atom stereocenters. The number of nitrogens with one attached hydrogen (secondary N) is 1. The van der Waals surface area contributed by atoms with Crippen LogP contribution >= 0.6 is 0 Å². The van der Waals surface area contributed by atoms with Crippen LogP contribution in [0.25, 0.3) is 16.5 Å². The topological polar surface area (TPSA) is 41.8 Å². The molecule has 78 valence electrons. The average Bonchev–Trinajstić information content (AvgIpc) is 2.98. The zero-order valence-electron chi connectivity index (χ0n) is 8.60. The lowest BCUT2D eigenvalue weighted by Crippen LogP contribution is -1.86. The van der Waals surface area contributed by atoms with Gasteiger partial charge in [-0.05, 0) is 6.07 Å². The summed E-state index contributed by atoms with van der Waals surface area (Å²) in [5.41, 5.74) is 3.54. The molecule has 3 heteroatoms. The van der Waals surface area contributed by atoms with Crippen molar-refractivity contribution < 1.29 is 4.42 Å². The molecule has 0 aliphatic carbocycles. The summed E-state index contributed by atoms with van der Waals surface area (Å²) in [5, 5.41) is 1.08. The van der Waals surface area contributed by atoms with Crippen LogP contribution in [0.1, 0.15) is 11.3 Å².